The normalized spacial score (nSPS) is 10.3. The largest absolute Gasteiger partial charge is 0.283 e. The lowest BCUT2D eigenvalue weighted by atomic mass is 10.2. The molecule has 2 nitrogen and oxygen atoms in total. The van der Waals surface area contributed by atoms with Crippen LogP contribution >= 0.6 is 15.9 Å². The van der Waals surface area contributed by atoms with Gasteiger partial charge in [-0.05, 0) is 6.07 Å². The molecule has 0 amide bonds. The Balaban J connectivity index is 3.36. The van der Waals surface area contributed by atoms with Gasteiger partial charge in [0.25, 0.3) is 6.43 Å². The smallest absolute Gasteiger partial charge is 0.248 e. The van der Waals surface area contributed by atoms with Crippen LogP contribution in [0.15, 0.2) is 6.07 Å². The van der Waals surface area contributed by atoms with E-state index in [1.807, 2.05) is 0 Å². The molecule has 1 heterocycles. The van der Waals surface area contributed by atoms with Crippen molar-refractivity contribution in [2.24, 2.45) is 0 Å². The van der Waals surface area contributed by atoms with Crippen molar-refractivity contribution in [3.05, 3.63) is 28.8 Å². The molecule has 6 heteroatoms. The van der Waals surface area contributed by atoms with E-state index in [0.29, 0.717) is 0 Å². The number of nitrogens with zero attached hydrogens (tertiary/aromatic N) is 2. The summed E-state index contributed by atoms with van der Waals surface area (Å²) in [5.41, 5.74) is -1.18. The molecule has 74 valence electrons. The molecule has 0 spiro atoms. The standard InChI is InChI=1S/C8H4BrF3N2/c9-2-5-1-4(3-13)6(10)7(14-5)8(11)12/h1,8H,2H2. The van der Waals surface area contributed by atoms with Crippen LogP contribution in [0, 0.1) is 17.1 Å². The van der Waals surface area contributed by atoms with E-state index in [4.69, 9.17) is 5.26 Å². The summed E-state index contributed by atoms with van der Waals surface area (Å²) in [5, 5.41) is 8.66. The molecule has 0 fully saturated rings. The third kappa shape index (κ3) is 2.04. The van der Waals surface area contributed by atoms with Crippen molar-refractivity contribution in [2.45, 2.75) is 11.8 Å². The average Bonchev–Trinajstić information content (AvgIpc) is 2.17. The zero-order chi connectivity index (χ0) is 10.7. The molecule has 0 aliphatic rings. The molecule has 0 bridgehead atoms. The maximum atomic E-state index is 13.1. The third-order valence-corrected chi connectivity index (χ3v) is 2.07. The van der Waals surface area contributed by atoms with Crippen molar-refractivity contribution in [3.8, 4) is 6.07 Å². The minimum Gasteiger partial charge on any atom is -0.248 e. The number of hydrogen-bond acceptors (Lipinski definition) is 2. The lowest BCUT2D eigenvalue weighted by Gasteiger charge is -2.04. The molecule has 0 saturated heterocycles. The van der Waals surface area contributed by atoms with Crippen LogP contribution < -0.4 is 0 Å². The van der Waals surface area contributed by atoms with Gasteiger partial charge in [0.1, 0.15) is 11.8 Å². The van der Waals surface area contributed by atoms with E-state index >= 15 is 0 Å². The second-order valence-electron chi connectivity index (χ2n) is 2.41. The summed E-state index contributed by atoms with van der Waals surface area (Å²) in [4.78, 5) is 3.38. The molecule has 0 aromatic carbocycles. The highest BCUT2D eigenvalue weighted by atomic mass is 79.9. The summed E-state index contributed by atoms with van der Waals surface area (Å²) in [5.74, 6) is -1.24. The van der Waals surface area contributed by atoms with E-state index in [9.17, 15) is 13.2 Å². The Hall–Kier alpha value is -1.09. The van der Waals surface area contributed by atoms with Gasteiger partial charge in [-0.25, -0.2) is 18.2 Å². The SMILES string of the molecule is N#Cc1cc(CBr)nc(C(F)F)c1F. The zero-order valence-electron chi connectivity index (χ0n) is 6.77. The molecule has 0 saturated carbocycles. The fraction of sp³-hybridized carbons (Fsp3) is 0.250. The van der Waals surface area contributed by atoms with Gasteiger partial charge in [0.05, 0.1) is 11.3 Å². The summed E-state index contributed by atoms with van der Waals surface area (Å²) in [6.45, 7) is 0. The Morgan fingerprint density at radius 2 is 2.21 bits per heavy atom. The summed E-state index contributed by atoms with van der Waals surface area (Å²) >= 11 is 2.99. The summed E-state index contributed by atoms with van der Waals surface area (Å²) < 4.78 is 37.5. The summed E-state index contributed by atoms with van der Waals surface area (Å²) in [7, 11) is 0. The van der Waals surface area contributed by atoms with Gasteiger partial charge >= 0.3 is 0 Å². The first kappa shape index (κ1) is 11.0. The van der Waals surface area contributed by atoms with E-state index in [0.717, 1.165) is 6.07 Å². The minimum absolute atomic E-state index is 0.196. The minimum atomic E-state index is -3.01. The van der Waals surface area contributed by atoms with Crippen LogP contribution in [0.2, 0.25) is 0 Å². The Morgan fingerprint density at radius 3 is 2.64 bits per heavy atom. The molecular weight excluding hydrogens is 261 g/mol. The fourth-order valence-electron chi connectivity index (χ4n) is 0.898. The summed E-state index contributed by atoms with van der Waals surface area (Å²) in [6, 6.07) is 2.63. The van der Waals surface area contributed by atoms with Crippen LogP contribution in [0.1, 0.15) is 23.4 Å². The van der Waals surface area contributed by atoms with Gasteiger partial charge in [-0.15, -0.1) is 0 Å². The van der Waals surface area contributed by atoms with Gasteiger partial charge in [-0.1, -0.05) is 15.9 Å². The molecule has 1 aromatic heterocycles. The lowest BCUT2D eigenvalue weighted by molar-refractivity contribution is 0.140. The summed E-state index contributed by atoms with van der Waals surface area (Å²) in [6.07, 6.45) is -3.01. The quantitative estimate of drug-likeness (QED) is 0.771. The highest BCUT2D eigenvalue weighted by Crippen LogP contribution is 2.23. The van der Waals surface area contributed by atoms with Gasteiger partial charge in [-0.2, -0.15) is 5.26 Å². The Labute approximate surface area is 86.5 Å². The van der Waals surface area contributed by atoms with E-state index in [-0.39, 0.29) is 11.0 Å². The molecule has 0 aliphatic heterocycles. The molecule has 0 aliphatic carbocycles. The van der Waals surface area contributed by atoms with E-state index < -0.39 is 23.5 Å². The molecular formula is C8H4BrF3N2. The Morgan fingerprint density at radius 1 is 1.57 bits per heavy atom. The van der Waals surface area contributed by atoms with E-state index in [1.54, 1.807) is 0 Å². The number of hydrogen-bond donors (Lipinski definition) is 0. The number of pyridine rings is 1. The second-order valence-corrected chi connectivity index (χ2v) is 2.97. The van der Waals surface area contributed by atoms with Gasteiger partial charge in [0.15, 0.2) is 5.82 Å². The Kier molecular flexibility index (Phi) is 3.47. The molecule has 0 N–H and O–H groups in total. The molecule has 0 unspecified atom stereocenters. The number of alkyl halides is 3. The predicted octanol–water partition coefficient (Wildman–Crippen LogP) is 2.92. The van der Waals surface area contributed by atoms with Crippen LogP contribution in [0.3, 0.4) is 0 Å². The van der Waals surface area contributed by atoms with Gasteiger partial charge in [0, 0.05) is 5.33 Å². The highest BCUT2D eigenvalue weighted by Gasteiger charge is 2.19. The maximum Gasteiger partial charge on any atom is 0.283 e. The molecule has 14 heavy (non-hydrogen) atoms. The van der Waals surface area contributed by atoms with Gasteiger partial charge in [-0.3, -0.25) is 0 Å². The van der Waals surface area contributed by atoms with Crippen LogP contribution in [-0.2, 0) is 5.33 Å². The third-order valence-electron chi connectivity index (χ3n) is 1.50. The van der Waals surface area contributed by atoms with E-state index in [1.165, 1.54) is 6.07 Å². The Bertz CT molecular complexity index is 387. The number of rotatable bonds is 2. The first-order chi connectivity index (χ1) is 6.60. The second kappa shape index (κ2) is 4.42. The van der Waals surface area contributed by atoms with Crippen LogP contribution in [0.5, 0.6) is 0 Å². The molecule has 0 radical (unpaired) electrons. The number of halogens is 4. The number of aromatic nitrogens is 1. The van der Waals surface area contributed by atoms with E-state index in [2.05, 4.69) is 20.9 Å². The monoisotopic (exact) mass is 264 g/mol. The zero-order valence-corrected chi connectivity index (χ0v) is 8.35. The first-order valence-electron chi connectivity index (χ1n) is 3.53. The van der Waals surface area contributed by atoms with Crippen LogP contribution in [0.25, 0.3) is 0 Å². The molecule has 0 atom stereocenters. The average molecular weight is 265 g/mol. The topological polar surface area (TPSA) is 36.7 Å². The van der Waals surface area contributed by atoms with Gasteiger partial charge < -0.3 is 0 Å². The van der Waals surface area contributed by atoms with Crippen molar-refractivity contribution in [1.29, 1.82) is 5.26 Å². The van der Waals surface area contributed by atoms with Crippen molar-refractivity contribution in [3.63, 3.8) is 0 Å². The van der Waals surface area contributed by atoms with Crippen molar-refractivity contribution < 1.29 is 13.2 Å². The lowest BCUT2D eigenvalue weighted by Crippen LogP contribution is -2.02. The fourth-order valence-corrected chi connectivity index (χ4v) is 1.19. The number of nitriles is 1. The van der Waals surface area contributed by atoms with Crippen molar-refractivity contribution in [1.82, 2.24) is 4.98 Å². The first-order valence-corrected chi connectivity index (χ1v) is 4.65. The van der Waals surface area contributed by atoms with Crippen molar-refractivity contribution >= 4 is 15.9 Å². The predicted molar refractivity (Wildman–Crippen MR) is 46.5 cm³/mol. The maximum absolute atomic E-state index is 13.1. The molecule has 1 aromatic rings. The van der Waals surface area contributed by atoms with Crippen molar-refractivity contribution in [2.75, 3.05) is 0 Å². The van der Waals surface area contributed by atoms with Gasteiger partial charge in [0.2, 0.25) is 0 Å². The molecule has 1 rings (SSSR count). The highest BCUT2D eigenvalue weighted by molar-refractivity contribution is 9.08. The van der Waals surface area contributed by atoms with Crippen LogP contribution in [0.4, 0.5) is 13.2 Å². The van der Waals surface area contributed by atoms with Crippen LogP contribution in [-0.4, -0.2) is 4.98 Å².